The lowest BCUT2D eigenvalue weighted by atomic mass is 10.0. The summed E-state index contributed by atoms with van der Waals surface area (Å²) in [6.45, 7) is 0.260. The van der Waals surface area contributed by atoms with E-state index in [4.69, 9.17) is 14.2 Å². The molecule has 6 heteroatoms. The highest BCUT2D eigenvalue weighted by Crippen LogP contribution is 2.27. The van der Waals surface area contributed by atoms with E-state index in [1.54, 1.807) is 50.6 Å². The second kappa shape index (κ2) is 12.4. The lowest BCUT2D eigenvalue weighted by Gasteiger charge is -2.12. The fraction of sp³-hybridized carbons (Fsp3) is 0.161. The molecule has 0 aromatic heterocycles. The lowest BCUT2D eigenvalue weighted by molar-refractivity contribution is 0.0904. The number of benzene rings is 4. The first kappa shape index (κ1) is 25.5. The predicted molar refractivity (Wildman–Crippen MR) is 144 cm³/mol. The van der Waals surface area contributed by atoms with Crippen LogP contribution in [0.3, 0.4) is 0 Å². The van der Waals surface area contributed by atoms with Crippen molar-refractivity contribution in [3.8, 4) is 28.4 Å². The summed E-state index contributed by atoms with van der Waals surface area (Å²) in [4.78, 5) is 25.6. The first-order chi connectivity index (χ1) is 18.1. The maximum atomic E-state index is 12.8. The Morgan fingerprint density at radius 3 is 2.11 bits per heavy atom. The van der Waals surface area contributed by atoms with E-state index in [1.165, 1.54) is 0 Å². The van der Waals surface area contributed by atoms with Crippen LogP contribution in [0.5, 0.6) is 17.2 Å². The number of hydrogen-bond acceptors (Lipinski definition) is 5. The summed E-state index contributed by atoms with van der Waals surface area (Å²) < 4.78 is 16.4. The number of ketones is 1. The lowest BCUT2D eigenvalue weighted by Crippen LogP contribution is -2.26. The summed E-state index contributed by atoms with van der Waals surface area (Å²) in [5.41, 5.74) is 4.06. The molecule has 0 aliphatic carbocycles. The molecule has 1 amide bonds. The van der Waals surface area contributed by atoms with Gasteiger partial charge in [-0.05, 0) is 47.4 Å². The fourth-order valence-electron chi connectivity index (χ4n) is 3.94. The molecule has 0 bridgehead atoms. The van der Waals surface area contributed by atoms with Gasteiger partial charge >= 0.3 is 0 Å². The van der Waals surface area contributed by atoms with Crippen molar-refractivity contribution in [2.45, 2.75) is 6.42 Å². The Bertz CT molecular complexity index is 1350. The number of rotatable bonds is 11. The van der Waals surface area contributed by atoms with E-state index < -0.39 is 0 Å². The van der Waals surface area contributed by atoms with E-state index >= 15 is 0 Å². The number of carbonyl (C=O) groups excluding carboxylic acids is 2. The highest BCUT2D eigenvalue weighted by atomic mass is 16.5. The summed E-state index contributed by atoms with van der Waals surface area (Å²) in [5, 5.41) is 2.92. The highest BCUT2D eigenvalue weighted by molar-refractivity contribution is 5.99. The number of methoxy groups -OCH3 is 2. The number of hydrogen-bond donors (Lipinski definition) is 1. The van der Waals surface area contributed by atoms with Crippen LogP contribution in [0.2, 0.25) is 0 Å². The monoisotopic (exact) mass is 495 g/mol. The van der Waals surface area contributed by atoms with Crippen molar-refractivity contribution in [2.24, 2.45) is 0 Å². The van der Waals surface area contributed by atoms with Gasteiger partial charge in [-0.25, -0.2) is 0 Å². The third-order valence-electron chi connectivity index (χ3n) is 5.95. The number of para-hydroxylation sites is 1. The van der Waals surface area contributed by atoms with Crippen LogP contribution >= 0.6 is 0 Å². The van der Waals surface area contributed by atoms with Crippen molar-refractivity contribution >= 4 is 11.7 Å². The maximum absolute atomic E-state index is 12.8. The van der Waals surface area contributed by atoms with Crippen LogP contribution in [0.15, 0.2) is 97.1 Å². The molecule has 4 rings (SSSR count). The van der Waals surface area contributed by atoms with Crippen LogP contribution in [0.1, 0.15) is 26.3 Å². The number of amides is 1. The third-order valence-corrected chi connectivity index (χ3v) is 5.95. The molecule has 0 saturated carbocycles. The van der Waals surface area contributed by atoms with Gasteiger partial charge in [-0.1, -0.05) is 72.8 Å². The van der Waals surface area contributed by atoms with Gasteiger partial charge in [0.15, 0.2) is 23.9 Å². The molecule has 0 radical (unpaired) electrons. The molecule has 0 aliphatic heterocycles. The molecular formula is C31H29NO5. The Labute approximate surface area is 216 Å². The molecule has 0 atom stereocenters. The molecule has 4 aromatic carbocycles. The molecule has 6 nitrogen and oxygen atoms in total. The molecule has 0 fully saturated rings. The van der Waals surface area contributed by atoms with Crippen molar-refractivity contribution < 1.29 is 23.8 Å². The normalized spacial score (nSPS) is 10.4. The molecule has 0 aliphatic rings. The van der Waals surface area contributed by atoms with Crippen LogP contribution < -0.4 is 19.5 Å². The zero-order valence-corrected chi connectivity index (χ0v) is 20.9. The van der Waals surface area contributed by atoms with Gasteiger partial charge in [-0.3, -0.25) is 9.59 Å². The zero-order chi connectivity index (χ0) is 26.0. The van der Waals surface area contributed by atoms with Crippen molar-refractivity contribution in [3.05, 3.63) is 114 Å². The minimum atomic E-state index is -0.268. The van der Waals surface area contributed by atoms with E-state index in [2.05, 4.69) is 5.32 Å². The SMILES string of the molecule is COc1ccc(CCNC(=O)c2ccccc2OCC(=O)c2ccc(-c3ccccc3)cc2)cc1OC. The summed E-state index contributed by atoms with van der Waals surface area (Å²) in [6.07, 6.45) is 0.618. The first-order valence-electron chi connectivity index (χ1n) is 12.0. The molecule has 0 unspecified atom stereocenters. The molecule has 37 heavy (non-hydrogen) atoms. The van der Waals surface area contributed by atoms with Crippen LogP contribution in [0, 0.1) is 0 Å². The van der Waals surface area contributed by atoms with Crippen LogP contribution in [0.25, 0.3) is 11.1 Å². The zero-order valence-electron chi connectivity index (χ0n) is 20.9. The van der Waals surface area contributed by atoms with E-state index in [0.29, 0.717) is 41.3 Å². The van der Waals surface area contributed by atoms with Gasteiger partial charge < -0.3 is 19.5 Å². The molecule has 188 valence electrons. The molecule has 0 heterocycles. The van der Waals surface area contributed by atoms with E-state index in [0.717, 1.165) is 16.7 Å². The number of Topliss-reactive ketones (excluding diaryl/α,β-unsaturated/α-hetero) is 1. The van der Waals surface area contributed by atoms with Crippen LogP contribution in [-0.2, 0) is 6.42 Å². The predicted octanol–water partition coefficient (Wildman–Crippen LogP) is 5.61. The Hall–Kier alpha value is -4.58. The van der Waals surface area contributed by atoms with Crippen LogP contribution in [0.4, 0.5) is 0 Å². The standard InChI is InChI=1S/C31H29NO5/c1-35-29-17-12-22(20-30(29)36-2)18-19-32-31(34)26-10-6-7-11-28(26)37-21-27(33)25-15-13-24(14-16-25)23-8-4-3-5-9-23/h3-17,20H,18-19,21H2,1-2H3,(H,32,34). The summed E-state index contributed by atoms with van der Waals surface area (Å²) in [5.74, 6) is 1.23. The largest absolute Gasteiger partial charge is 0.493 e. The van der Waals surface area contributed by atoms with E-state index in [1.807, 2.05) is 60.7 Å². The fourth-order valence-corrected chi connectivity index (χ4v) is 3.94. The van der Waals surface area contributed by atoms with Gasteiger partial charge in [0.2, 0.25) is 0 Å². The average Bonchev–Trinajstić information content (AvgIpc) is 2.96. The summed E-state index contributed by atoms with van der Waals surface area (Å²) in [6, 6.07) is 30.0. The topological polar surface area (TPSA) is 73.9 Å². The number of ether oxygens (including phenoxy) is 3. The summed E-state index contributed by atoms with van der Waals surface area (Å²) in [7, 11) is 3.18. The van der Waals surface area contributed by atoms with Gasteiger partial charge in [-0.15, -0.1) is 0 Å². The first-order valence-corrected chi connectivity index (χ1v) is 12.0. The van der Waals surface area contributed by atoms with Gasteiger partial charge in [0.25, 0.3) is 5.91 Å². The molecule has 4 aromatic rings. The second-order valence-corrected chi connectivity index (χ2v) is 8.35. The van der Waals surface area contributed by atoms with E-state index in [-0.39, 0.29) is 18.3 Å². The van der Waals surface area contributed by atoms with Crippen molar-refractivity contribution in [1.29, 1.82) is 0 Å². The minimum absolute atomic E-state index is 0.164. The Morgan fingerprint density at radius 1 is 0.703 bits per heavy atom. The minimum Gasteiger partial charge on any atom is -0.493 e. The Kier molecular flexibility index (Phi) is 8.55. The van der Waals surface area contributed by atoms with Crippen molar-refractivity contribution in [2.75, 3.05) is 27.4 Å². The number of carbonyl (C=O) groups is 2. The quantitative estimate of drug-likeness (QED) is 0.274. The van der Waals surface area contributed by atoms with Gasteiger partial charge in [0.1, 0.15) is 5.75 Å². The van der Waals surface area contributed by atoms with E-state index in [9.17, 15) is 9.59 Å². The van der Waals surface area contributed by atoms with Gasteiger partial charge in [-0.2, -0.15) is 0 Å². The highest BCUT2D eigenvalue weighted by Gasteiger charge is 2.14. The molecule has 0 saturated heterocycles. The van der Waals surface area contributed by atoms with Crippen LogP contribution in [-0.4, -0.2) is 39.1 Å². The average molecular weight is 496 g/mol. The molecule has 0 spiro atoms. The van der Waals surface area contributed by atoms with Gasteiger partial charge in [0.05, 0.1) is 19.8 Å². The second-order valence-electron chi connectivity index (χ2n) is 8.35. The Balaban J connectivity index is 1.33. The third kappa shape index (κ3) is 6.55. The van der Waals surface area contributed by atoms with Crippen molar-refractivity contribution in [1.82, 2.24) is 5.32 Å². The smallest absolute Gasteiger partial charge is 0.255 e. The molecular weight excluding hydrogens is 466 g/mol. The maximum Gasteiger partial charge on any atom is 0.255 e. The Morgan fingerprint density at radius 2 is 1.38 bits per heavy atom. The number of nitrogens with one attached hydrogen (secondary N) is 1. The van der Waals surface area contributed by atoms with Crippen molar-refractivity contribution in [3.63, 3.8) is 0 Å². The summed E-state index contributed by atoms with van der Waals surface area (Å²) >= 11 is 0. The van der Waals surface area contributed by atoms with Gasteiger partial charge in [0, 0.05) is 12.1 Å². The molecule has 1 N–H and O–H groups in total.